The summed E-state index contributed by atoms with van der Waals surface area (Å²) in [7, 11) is 0. The molecule has 1 saturated heterocycles. The van der Waals surface area contributed by atoms with Crippen LogP contribution in [0.4, 0.5) is 0 Å². The van der Waals surface area contributed by atoms with Crippen molar-refractivity contribution in [2.75, 3.05) is 32.8 Å². The summed E-state index contributed by atoms with van der Waals surface area (Å²) in [6.45, 7) is 3.36. The zero-order valence-electron chi connectivity index (χ0n) is 15.2. The predicted molar refractivity (Wildman–Crippen MR) is 98.0 cm³/mol. The van der Waals surface area contributed by atoms with Gasteiger partial charge in [0.25, 0.3) is 0 Å². The third-order valence-corrected chi connectivity index (χ3v) is 4.50. The highest BCUT2D eigenvalue weighted by atomic mass is 16.5. The lowest BCUT2D eigenvalue weighted by molar-refractivity contribution is -0.137. The number of nitriles is 1. The van der Waals surface area contributed by atoms with E-state index in [1.165, 1.54) is 0 Å². The lowest BCUT2D eigenvalue weighted by atomic mass is 10.1. The molecule has 26 heavy (non-hydrogen) atoms. The minimum absolute atomic E-state index is 0.0215. The van der Waals surface area contributed by atoms with Gasteiger partial charge in [-0.1, -0.05) is 25.0 Å². The predicted octanol–water partition coefficient (Wildman–Crippen LogP) is 3.39. The van der Waals surface area contributed by atoms with Crippen LogP contribution in [-0.4, -0.2) is 48.8 Å². The Morgan fingerprint density at radius 1 is 1.27 bits per heavy atom. The highest BCUT2D eigenvalue weighted by molar-refractivity contribution is 5.66. The molecule has 0 spiro atoms. The maximum absolute atomic E-state index is 10.7. The first kappa shape index (κ1) is 20.2. The van der Waals surface area contributed by atoms with Crippen molar-refractivity contribution < 1.29 is 19.4 Å². The molecule has 0 aromatic heterocycles. The maximum atomic E-state index is 10.7. The summed E-state index contributed by atoms with van der Waals surface area (Å²) in [5.74, 6) is 0.0870. The third kappa shape index (κ3) is 7.42. The molecule has 1 aromatic rings. The smallest absolute Gasteiger partial charge is 0.304 e. The average molecular weight is 360 g/mol. The molecular weight excluding hydrogens is 332 g/mol. The van der Waals surface area contributed by atoms with Gasteiger partial charge in [-0.25, -0.2) is 0 Å². The van der Waals surface area contributed by atoms with Crippen LogP contribution in [0.25, 0.3) is 0 Å². The Kier molecular flexibility index (Phi) is 8.94. The number of carbonyl (C=O) groups is 1. The quantitative estimate of drug-likeness (QED) is 0.609. The minimum atomic E-state index is -0.764. The van der Waals surface area contributed by atoms with Crippen LogP contribution < -0.4 is 4.74 Å². The molecule has 6 nitrogen and oxygen atoms in total. The van der Waals surface area contributed by atoms with Crippen LogP contribution in [-0.2, 0) is 9.53 Å². The van der Waals surface area contributed by atoms with Gasteiger partial charge in [0.1, 0.15) is 5.75 Å². The van der Waals surface area contributed by atoms with Crippen molar-refractivity contribution in [1.29, 1.82) is 5.26 Å². The lowest BCUT2D eigenvalue weighted by Gasteiger charge is -2.32. The molecular formula is C20H28N2O4. The van der Waals surface area contributed by atoms with E-state index in [4.69, 9.17) is 19.8 Å². The maximum Gasteiger partial charge on any atom is 0.304 e. The summed E-state index contributed by atoms with van der Waals surface area (Å²) in [4.78, 5) is 12.9. The zero-order valence-corrected chi connectivity index (χ0v) is 15.2. The van der Waals surface area contributed by atoms with E-state index in [1.54, 1.807) is 0 Å². The number of rotatable bonds is 11. The molecule has 0 amide bonds. The summed E-state index contributed by atoms with van der Waals surface area (Å²) in [5, 5.41) is 17.3. The second-order valence-corrected chi connectivity index (χ2v) is 6.54. The van der Waals surface area contributed by atoms with Gasteiger partial charge in [0.05, 0.1) is 31.8 Å². The summed E-state index contributed by atoms with van der Waals surface area (Å²) in [5.41, 5.74) is 1.09. The van der Waals surface area contributed by atoms with Gasteiger partial charge in [-0.2, -0.15) is 5.26 Å². The van der Waals surface area contributed by atoms with Crippen LogP contribution in [0.5, 0.6) is 5.75 Å². The molecule has 1 fully saturated rings. The van der Waals surface area contributed by atoms with Crippen molar-refractivity contribution in [1.82, 2.24) is 4.90 Å². The molecule has 0 saturated carbocycles. The molecule has 6 heteroatoms. The van der Waals surface area contributed by atoms with Crippen molar-refractivity contribution in [3.8, 4) is 11.8 Å². The van der Waals surface area contributed by atoms with Gasteiger partial charge in [-0.15, -0.1) is 0 Å². The summed E-state index contributed by atoms with van der Waals surface area (Å²) in [6.07, 6.45) is 4.91. The van der Waals surface area contributed by atoms with Gasteiger partial charge < -0.3 is 14.6 Å². The molecule has 1 aliphatic heterocycles. The zero-order chi connectivity index (χ0) is 18.6. The SMILES string of the molecule is N#CCCCCCCOc1ccc([C@@H]2CN(CCC(=O)O)CCO2)cc1. The Morgan fingerprint density at radius 3 is 2.77 bits per heavy atom. The summed E-state index contributed by atoms with van der Waals surface area (Å²) < 4.78 is 11.6. The van der Waals surface area contributed by atoms with Crippen molar-refractivity contribution >= 4 is 5.97 Å². The van der Waals surface area contributed by atoms with Crippen molar-refractivity contribution in [3.63, 3.8) is 0 Å². The molecule has 1 atom stereocenters. The molecule has 1 aliphatic rings. The molecule has 0 aliphatic carbocycles. The second-order valence-electron chi connectivity index (χ2n) is 6.54. The van der Waals surface area contributed by atoms with Crippen LogP contribution in [0.1, 0.15) is 50.2 Å². The Bertz CT molecular complexity index is 582. The first-order valence-electron chi connectivity index (χ1n) is 9.34. The fourth-order valence-electron chi connectivity index (χ4n) is 2.99. The number of aliphatic carboxylic acids is 1. The standard InChI is InChI=1S/C20H28N2O4/c21-11-4-2-1-3-5-14-25-18-8-6-17(7-9-18)19-16-22(13-15-26-19)12-10-20(23)24/h6-9,19H,1-5,10,12-16H2,(H,23,24)/t19-/m0/s1. The van der Waals surface area contributed by atoms with Crippen molar-refractivity contribution in [3.05, 3.63) is 29.8 Å². The van der Waals surface area contributed by atoms with E-state index in [0.29, 0.717) is 26.2 Å². The number of hydrogen-bond donors (Lipinski definition) is 1. The van der Waals surface area contributed by atoms with Gasteiger partial charge in [0.15, 0.2) is 0 Å². The second kappa shape index (κ2) is 11.5. The number of morpholine rings is 1. The van der Waals surface area contributed by atoms with Crippen molar-refractivity contribution in [2.45, 2.75) is 44.6 Å². The van der Waals surface area contributed by atoms with Gasteiger partial charge in [-0.3, -0.25) is 9.69 Å². The van der Waals surface area contributed by atoms with Crippen molar-refractivity contribution in [2.24, 2.45) is 0 Å². The summed E-state index contributed by atoms with van der Waals surface area (Å²) in [6, 6.07) is 10.1. The van der Waals surface area contributed by atoms with Gasteiger partial charge in [0.2, 0.25) is 0 Å². The molecule has 1 aromatic carbocycles. The number of carboxylic acids is 1. The Hall–Kier alpha value is -2.10. The number of ether oxygens (including phenoxy) is 2. The minimum Gasteiger partial charge on any atom is -0.494 e. The lowest BCUT2D eigenvalue weighted by Crippen LogP contribution is -2.39. The Morgan fingerprint density at radius 2 is 2.04 bits per heavy atom. The third-order valence-electron chi connectivity index (χ3n) is 4.50. The van der Waals surface area contributed by atoms with E-state index in [2.05, 4.69) is 11.0 Å². The van der Waals surface area contributed by atoms with Gasteiger partial charge >= 0.3 is 5.97 Å². The first-order chi connectivity index (χ1) is 12.7. The number of nitrogens with zero attached hydrogens (tertiary/aromatic N) is 2. The Labute approximate surface area is 155 Å². The number of carboxylic acid groups (broad SMARTS) is 1. The monoisotopic (exact) mass is 360 g/mol. The first-order valence-corrected chi connectivity index (χ1v) is 9.34. The number of unbranched alkanes of at least 4 members (excludes halogenated alkanes) is 4. The van der Waals surface area contributed by atoms with Crippen LogP contribution in [0.2, 0.25) is 0 Å². The average Bonchev–Trinajstić information content (AvgIpc) is 2.66. The molecule has 2 rings (SSSR count). The highest BCUT2D eigenvalue weighted by Gasteiger charge is 2.22. The Balaban J connectivity index is 1.71. The van der Waals surface area contributed by atoms with E-state index in [1.807, 2.05) is 24.3 Å². The normalized spacial score (nSPS) is 17.6. The molecule has 142 valence electrons. The topological polar surface area (TPSA) is 82.8 Å². The van der Waals surface area contributed by atoms with E-state index in [0.717, 1.165) is 50.1 Å². The fourth-order valence-corrected chi connectivity index (χ4v) is 2.99. The summed E-state index contributed by atoms with van der Waals surface area (Å²) >= 11 is 0. The fraction of sp³-hybridized carbons (Fsp3) is 0.600. The molecule has 1 heterocycles. The van der Waals surface area contributed by atoms with Crippen LogP contribution >= 0.6 is 0 Å². The largest absolute Gasteiger partial charge is 0.494 e. The van der Waals surface area contributed by atoms with Crippen LogP contribution in [0.15, 0.2) is 24.3 Å². The highest BCUT2D eigenvalue weighted by Crippen LogP contribution is 2.24. The molecule has 0 bridgehead atoms. The van der Waals surface area contributed by atoms with Crippen LogP contribution in [0.3, 0.4) is 0 Å². The number of benzene rings is 1. The molecule has 1 N–H and O–H groups in total. The van der Waals surface area contributed by atoms with Gasteiger partial charge in [0, 0.05) is 26.1 Å². The van der Waals surface area contributed by atoms with E-state index < -0.39 is 5.97 Å². The van der Waals surface area contributed by atoms with E-state index >= 15 is 0 Å². The van der Waals surface area contributed by atoms with E-state index in [9.17, 15) is 4.79 Å². The molecule has 0 unspecified atom stereocenters. The molecule has 0 radical (unpaired) electrons. The van der Waals surface area contributed by atoms with Crippen LogP contribution in [0, 0.1) is 11.3 Å². The van der Waals surface area contributed by atoms with Gasteiger partial charge in [-0.05, 0) is 30.5 Å². The number of hydrogen-bond acceptors (Lipinski definition) is 5. The van der Waals surface area contributed by atoms with E-state index in [-0.39, 0.29) is 12.5 Å².